The van der Waals surface area contributed by atoms with E-state index in [0.29, 0.717) is 16.5 Å². The molecular formula is C21H23ClN4O3S. The van der Waals surface area contributed by atoms with Crippen molar-refractivity contribution >= 4 is 28.8 Å². The molecule has 3 aromatic rings. The molecule has 0 aliphatic carbocycles. The number of hydrogen-bond donors (Lipinski definition) is 1. The van der Waals surface area contributed by atoms with Crippen molar-refractivity contribution in [2.45, 2.75) is 39.8 Å². The molecule has 0 aliphatic heterocycles. The first-order valence-corrected chi connectivity index (χ1v) is 10.6. The number of aromatic nitrogens is 3. The van der Waals surface area contributed by atoms with Gasteiger partial charge in [-0.1, -0.05) is 11.6 Å². The fraction of sp³-hybridized carbons (Fsp3) is 0.333. The lowest BCUT2D eigenvalue weighted by molar-refractivity contribution is -0.134. The van der Waals surface area contributed by atoms with Gasteiger partial charge in [-0.2, -0.15) is 5.10 Å². The van der Waals surface area contributed by atoms with Gasteiger partial charge >= 0.3 is 0 Å². The van der Waals surface area contributed by atoms with Crippen LogP contribution in [0.15, 0.2) is 41.2 Å². The number of carbonyl (C=O) groups excluding carboxylic acids is 1. The van der Waals surface area contributed by atoms with E-state index in [2.05, 4.69) is 15.4 Å². The van der Waals surface area contributed by atoms with Crippen LogP contribution in [0.25, 0.3) is 10.6 Å². The van der Waals surface area contributed by atoms with Gasteiger partial charge in [0, 0.05) is 17.6 Å². The number of aryl methyl sites for hydroxylation is 2. The first kappa shape index (κ1) is 22.0. The zero-order valence-electron chi connectivity index (χ0n) is 17.2. The summed E-state index contributed by atoms with van der Waals surface area (Å²) in [6.07, 6.45) is 0. The molecule has 0 fully saturated rings. The quantitative estimate of drug-likeness (QED) is 0.599. The summed E-state index contributed by atoms with van der Waals surface area (Å²) >= 11 is 7.41. The fourth-order valence-electron chi connectivity index (χ4n) is 2.83. The third kappa shape index (κ3) is 5.25. The van der Waals surface area contributed by atoms with E-state index in [1.807, 2.05) is 13.8 Å². The molecule has 0 spiro atoms. The smallest absolute Gasteiger partial charge is 0.266 e. The topological polar surface area (TPSA) is 86.1 Å². The van der Waals surface area contributed by atoms with E-state index >= 15 is 0 Å². The Morgan fingerprint density at radius 3 is 2.53 bits per heavy atom. The van der Waals surface area contributed by atoms with Gasteiger partial charge in [0.2, 0.25) is 0 Å². The minimum atomic E-state index is -1.09. The van der Waals surface area contributed by atoms with E-state index in [1.54, 1.807) is 44.2 Å². The third-order valence-electron chi connectivity index (χ3n) is 4.35. The summed E-state index contributed by atoms with van der Waals surface area (Å²) in [7, 11) is 0. The number of rotatable bonds is 7. The van der Waals surface area contributed by atoms with E-state index in [1.165, 1.54) is 22.1 Å². The molecule has 0 unspecified atom stereocenters. The Morgan fingerprint density at radius 2 is 1.90 bits per heavy atom. The van der Waals surface area contributed by atoms with Crippen molar-refractivity contribution in [1.29, 1.82) is 0 Å². The van der Waals surface area contributed by atoms with Gasteiger partial charge in [-0.25, -0.2) is 9.67 Å². The van der Waals surface area contributed by atoms with Crippen molar-refractivity contribution in [1.82, 2.24) is 20.1 Å². The number of carbonyl (C=O) groups is 1. The van der Waals surface area contributed by atoms with Gasteiger partial charge < -0.3 is 10.1 Å². The molecule has 2 aromatic heterocycles. The lowest BCUT2D eigenvalue weighted by atomic mass is 10.1. The van der Waals surface area contributed by atoms with Gasteiger partial charge in [-0.05, 0) is 58.0 Å². The summed E-state index contributed by atoms with van der Waals surface area (Å²) in [4.78, 5) is 30.1. The second-order valence-electron chi connectivity index (χ2n) is 7.25. The van der Waals surface area contributed by atoms with E-state index in [-0.39, 0.29) is 24.6 Å². The Bertz CT molecular complexity index is 1110. The molecule has 2 heterocycles. The highest BCUT2D eigenvalue weighted by molar-refractivity contribution is 7.15. The first-order valence-electron chi connectivity index (χ1n) is 9.41. The molecule has 158 valence electrons. The van der Waals surface area contributed by atoms with Crippen LogP contribution in [0, 0.1) is 13.8 Å². The second-order valence-corrected chi connectivity index (χ2v) is 8.89. The maximum Gasteiger partial charge on any atom is 0.266 e. The van der Waals surface area contributed by atoms with Crippen LogP contribution in [0.2, 0.25) is 5.02 Å². The lowest BCUT2D eigenvalue weighted by Gasteiger charge is -2.25. The highest BCUT2D eigenvalue weighted by Crippen LogP contribution is 2.27. The zero-order chi connectivity index (χ0) is 21.9. The Hall–Kier alpha value is -2.71. The molecule has 9 heteroatoms. The molecule has 1 amide bonds. The number of nitrogens with one attached hydrogen (secondary N) is 1. The van der Waals surface area contributed by atoms with Gasteiger partial charge in [-0.15, -0.1) is 11.3 Å². The number of ether oxygens (including phenoxy) is 1. The van der Waals surface area contributed by atoms with Crippen molar-refractivity contribution in [2.75, 3.05) is 6.54 Å². The lowest BCUT2D eigenvalue weighted by Crippen LogP contribution is -2.47. The monoisotopic (exact) mass is 446 g/mol. The van der Waals surface area contributed by atoms with Crippen molar-refractivity contribution in [2.24, 2.45) is 0 Å². The molecule has 30 heavy (non-hydrogen) atoms. The summed E-state index contributed by atoms with van der Waals surface area (Å²) < 4.78 is 7.12. The van der Waals surface area contributed by atoms with Gasteiger partial charge in [0.05, 0.1) is 22.1 Å². The molecule has 1 N–H and O–H groups in total. The average Bonchev–Trinajstić information content (AvgIpc) is 3.03. The molecule has 0 atom stereocenters. The molecule has 3 rings (SSSR count). The average molecular weight is 447 g/mol. The minimum Gasteiger partial charge on any atom is -0.478 e. The molecular weight excluding hydrogens is 424 g/mol. The fourth-order valence-corrected chi connectivity index (χ4v) is 3.84. The number of benzene rings is 1. The number of thiazole rings is 1. The van der Waals surface area contributed by atoms with Gasteiger partial charge in [-0.3, -0.25) is 9.59 Å². The molecule has 0 bridgehead atoms. The van der Waals surface area contributed by atoms with Crippen molar-refractivity contribution in [3.63, 3.8) is 0 Å². The predicted octanol–water partition coefficient (Wildman–Crippen LogP) is 3.61. The van der Waals surface area contributed by atoms with Crippen molar-refractivity contribution in [3.8, 4) is 16.3 Å². The first-order chi connectivity index (χ1) is 14.2. The van der Waals surface area contributed by atoms with Crippen LogP contribution in [0.1, 0.15) is 24.5 Å². The summed E-state index contributed by atoms with van der Waals surface area (Å²) in [5.74, 6) is 0.246. The second kappa shape index (κ2) is 8.97. The van der Waals surface area contributed by atoms with Gasteiger partial charge in [0.1, 0.15) is 11.4 Å². The Balaban J connectivity index is 1.63. The maximum atomic E-state index is 12.6. The summed E-state index contributed by atoms with van der Waals surface area (Å²) in [6, 6.07) is 9.97. The molecule has 0 aliphatic rings. The van der Waals surface area contributed by atoms with Crippen LogP contribution < -0.4 is 15.6 Å². The van der Waals surface area contributed by atoms with Crippen LogP contribution in [-0.4, -0.2) is 32.8 Å². The van der Waals surface area contributed by atoms with E-state index in [9.17, 15) is 9.59 Å². The van der Waals surface area contributed by atoms with Crippen LogP contribution in [-0.2, 0) is 11.3 Å². The number of nitrogens with zero attached hydrogens (tertiary/aromatic N) is 3. The highest BCUT2D eigenvalue weighted by atomic mass is 35.5. The summed E-state index contributed by atoms with van der Waals surface area (Å²) in [5.41, 5.74) is 0.245. The Kier molecular flexibility index (Phi) is 6.58. The highest BCUT2D eigenvalue weighted by Gasteiger charge is 2.29. The molecule has 1 aromatic carbocycles. The van der Waals surface area contributed by atoms with Crippen molar-refractivity contribution in [3.05, 3.63) is 62.5 Å². The Morgan fingerprint density at radius 1 is 1.20 bits per heavy atom. The maximum absolute atomic E-state index is 12.6. The number of hydrogen-bond acceptors (Lipinski definition) is 6. The summed E-state index contributed by atoms with van der Waals surface area (Å²) in [6.45, 7) is 7.68. The van der Waals surface area contributed by atoms with Crippen LogP contribution in [0.5, 0.6) is 5.75 Å². The third-order valence-corrected chi connectivity index (χ3v) is 5.69. The normalized spacial score (nSPS) is 11.4. The van der Waals surface area contributed by atoms with Gasteiger partial charge in [0.25, 0.3) is 11.5 Å². The predicted molar refractivity (Wildman–Crippen MR) is 118 cm³/mol. The SMILES string of the molecule is Cc1nc(C)c(-c2ccc(=O)n(CCNC(=O)C(C)(C)Oc3ccc(Cl)cc3)n2)s1. The van der Waals surface area contributed by atoms with Crippen LogP contribution >= 0.6 is 22.9 Å². The standard InChI is InChI=1S/C21H23ClN4O3S/c1-13-19(30-14(2)24-13)17-9-10-18(27)26(25-17)12-11-23-20(28)21(3,4)29-16-7-5-15(22)6-8-16/h5-10H,11-12H2,1-4H3,(H,23,28). The molecule has 7 nitrogen and oxygen atoms in total. The van der Waals surface area contributed by atoms with Crippen LogP contribution in [0.4, 0.5) is 0 Å². The number of halogens is 1. The van der Waals surface area contributed by atoms with E-state index in [4.69, 9.17) is 16.3 Å². The zero-order valence-corrected chi connectivity index (χ0v) is 18.8. The minimum absolute atomic E-state index is 0.233. The van der Waals surface area contributed by atoms with Crippen LogP contribution in [0.3, 0.4) is 0 Å². The summed E-state index contributed by atoms with van der Waals surface area (Å²) in [5, 5.41) is 8.77. The van der Waals surface area contributed by atoms with Gasteiger partial charge in [0.15, 0.2) is 5.60 Å². The molecule has 0 radical (unpaired) electrons. The van der Waals surface area contributed by atoms with E-state index < -0.39 is 5.60 Å². The van der Waals surface area contributed by atoms with Crippen molar-refractivity contribution < 1.29 is 9.53 Å². The Labute approximate surface area is 183 Å². The molecule has 0 saturated carbocycles. The largest absolute Gasteiger partial charge is 0.478 e. The van der Waals surface area contributed by atoms with E-state index in [0.717, 1.165) is 15.6 Å². The number of amides is 1. The molecule has 0 saturated heterocycles.